The van der Waals surface area contributed by atoms with Gasteiger partial charge in [0.25, 0.3) is 0 Å². The van der Waals surface area contributed by atoms with E-state index in [1.165, 1.54) is 19.3 Å². The molecule has 0 heterocycles. The highest BCUT2D eigenvalue weighted by molar-refractivity contribution is 5.82. The zero-order valence-corrected chi connectivity index (χ0v) is 15.3. The van der Waals surface area contributed by atoms with Crippen molar-refractivity contribution in [2.45, 2.75) is 63.6 Å². The van der Waals surface area contributed by atoms with Crippen LogP contribution >= 0.6 is 0 Å². The zero-order valence-electron chi connectivity index (χ0n) is 15.3. The standard InChI is InChI=1S/C17H28F3N3O4/c18-17(19,20)16(26)23-11-10-22-14(24)8-9-21-15(25)12-27-13-6-4-2-1-3-5-7-13/h13H,1-12H2,(H,21,25)(H,22,24)(H,23,26). The lowest BCUT2D eigenvalue weighted by Crippen LogP contribution is -2.41. The fourth-order valence-corrected chi connectivity index (χ4v) is 2.71. The molecular weight excluding hydrogens is 367 g/mol. The highest BCUT2D eigenvalue weighted by Gasteiger charge is 2.38. The molecule has 3 N–H and O–H groups in total. The summed E-state index contributed by atoms with van der Waals surface area (Å²) < 4.78 is 41.5. The highest BCUT2D eigenvalue weighted by Crippen LogP contribution is 2.19. The van der Waals surface area contributed by atoms with Crippen molar-refractivity contribution >= 4 is 17.7 Å². The smallest absolute Gasteiger partial charge is 0.368 e. The van der Waals surface area contributed by atoms with Crippen LogP contribution in [0.1, 0.15) is 51.4 Å². The number of hydrogen-bond donors (Lipinski definition) is 3. The Morgan fingerprint density at radius 1 is 0.815 bits per heavy atom. The van der Waals surface area contributed by atoms with Crippen molar-refractivity contribution < 1.29 is 32.3 Å². The van der Waals surface area contributed by atoms with Gasteiger partial charge in [-0.05, 0) is 12.8 Å². The maximum absolute atomic E-state index is 11.9. The summed E-state index contributed by atoms with van der Waals surface area (Å²) in [6.45, 7) is -0.394. The van der Waals surface area contributed by atoms with Crippen LogP contribution in [0.25, 0.3) is 0 Å². The van der Waals surface area contributed by atoms with Crippen molar-refractivity contribution in [3.05, 3.63) is 0 Å². The van der Waals surface area contributed by atoms with E-state index in [4.69, 9.17) is 4.74 Å². The molecule has 1 aliphatic rings. The van der Waals surface area contributed by atoms with E-state index in [-0.39, 0.29) is 44.7 Å². The van der Waals surface area contributed by atoms with Gasteiger partial charge in [-0.2, -0.15) is 13.2 Å². The van der Waals surface area contributed by atoms with E-state index >= 15 is 0 Å². The molecule has 0 aliphatic heterocycles. The first-order chi connectivity index (χ1) is 12.8. The van der Waals surface area contributed by atoms with Crippen molar-refractivity contribution in [2.24, 2.45) is 0 Å². The first-order valence-corrected chi connectivity index (χ1v) is 9.29. The number of carbonyl (C=O) groups excluding carboxylic acids is 3. The van der Waals surface area contributed by atoms with Crippen molar-refractivity contribution in [3.8, 4) is 0 Å². The molecule has 1 aliphatic carbocycles. The third-order valence-corrected chi connectivity index (χ3v) is 4.17. The summed E-state index contributed by atoms with van der Waals surface area (Å²) in [6.07, 6.45) is 2.93. The van der Waals surface area contributed by atoms with Gasteiger partial charge in [0.05, 0.1) is 6.10 Å². The normalized spacial score (nSPS) is 16.1. The second kappa shape index (κ2) is 12.5. The van der Waals surface area contributed by atoms with E-state index in [0.717, 1.165) is 25.7 Å². The molecule has 0 aromatic rings. The Morgan fingerprint density at radius 3 is 2.00 bits per heavy atom. The summed E-state index contributed by atoms with van der Waals surface area (Å²) in [4.78, 5) is 33.8. The van der Waals surface area contributed by atoms with E-state index < -0.39 is 18.0 Å². The molecule has 10 heteroatoms. The Hall–Kier alpha value is -1.84. The lowest BCUT2D eigenvalue weighted by Gasteiger charge is -2.20. The van der Waals surface area contributed by atoms with Crippen LogP contribution in [0, 0.1) is 0 Å². The molecule has 0 bridgehead atoms. The third kappa shape index (κ3) is 11.5. The van der Waals surface area contributed by atoms with Gasteiger partial charge in [0.15, 0.2) is 0 Å². The molecule has 0 atom stereocenters. The second-order valence-electron chi connectivity index (χ2n) is 6.48. The Labute approximate surface area is 156 Å². The molecule has 0 aromatic carbocycles. The minimum Gasteiger partial charge on any atom is -0.368 e. The van der Waals surface area contributed by atoms with Gasteiger partial charge in [-0.15, -0.1) is 0 Å². The fourth-order valence-electron chi connectivity index (χ4n) is 2.71. The van der Waals surface area contributed by atoms with Gasteiger partial charge in [-0.1, -0.05) is 32.1 Å². The van der Waals surface area contributed by atoms with Gasteiger partial charge in [-0.3, -0.25) is 14.4 Å². The number of carbonyl (C=O) groups is 3. The molecule has 0 aromatic heterocycles. The van der Waals surface area contributed by atoms with Gasteiger partial charge >= 0.3 is 12.1 Å². The topological polar surface area (TPSA) is 96.5 Å². The summed E-state index contributed by atoms with van der Waals surface area (Å²) in [5, 5.41) is 6.57. The molecule has 0 radical (unpaired) electrons. The van der Waals surface area contributed by atoms with Crippen molar-refractivity contribution in [3.63, 3.8) is 0 Å². The van der Waals surface area contributed by atoms with Crippen molar-refractivity contribution in [2.75, 3.05) is 26.2 Å². The molecule has 0 unspecified atom stereocenters. The summed E-state index contributed by atoms with van der Waals surface area (Å²) in [7, 11) is 0. The summed E-state index contributed by atoms with van der Waals surface area (Å²) in [5.41, 5.74) is 0. The maximum Gasteiger partial charge on any atom is 0.471 e. The molecule has 3 amide bonds. The summed E-state index contributed by atoms with van der Waals surface area (Å²) in [6, 6.07) is 0. The minimum absolute atomic E-state index is 0.0115. The van der Waals surface area contributed by atoms with Gasteiger partial charge in [0.1, 0.15) is 6.61 Å². The largest absolute Gasteiger partial charge is 0.471 e. The quantitative estimate of drug-likeness (QED) is 0.515. The number of halogens is 3. The third-order valence-electron chi connectivity index (χ3n) is 4.17. The van der Waals surface area contributed by atoms with Gasteiger partial charge in [0.2, 0.25) is 11.8 Å². The number of amides is 3. The Morgan fingerprint density at radius 2 is 1.37 bits per heavy atom. The monoisotopic (exact) mass is 395 g/mol. The van der Waals surface area contributed by atoms with Crippen LogP contribution in [0.2, 0.25) is 0 Å². The van der Waals surface area contributed by atoms with Crippen LogP contribution in [0.3, 0.4) is 0 Å². The summed E-state index contributed by atoms with van der Waals surface area (Å²) >= 11 is 0. The number of alkyl halides is 3. The van der Waals surface area contributed by atoms with Crippen molar-refractivity contribution in [1.29, 1.82) is 0 Å². The molecule has 156 valence electrons. The van der Waals surface area contributed by atoms with Gasteiger partial charge in [0, 0.05) is 26.1 Å². The zero-order chi connectivity index (χ0) is 20.1. The fraction of sp³-hybridized carbons (Fsp3) is 0.824. The van der Waals surface area contributed by atoms with Crippen LogP contribution in [-0.4, -0.2) is 56.2 Å². The Bertz CT molecular complexity index is 479. The number of nitrogens with one attached hydrogen (secondary N) is 3. The maximum atomic E-state index is 11.9. The predicted octanol–water partition coefficient (Wildman–Crippen LogP) is 1.42. The average molecular weight is 395 g/mol. The van der Waals surface area contributed by atoms with Crippen LogP contribution < -0.4 is 16.0 Å². The molecule has 1 fully saturated rings. The first-order valence-electron chi connectivity index (χ1n) is 9.29. The van der Waals surface area contributed by atoms with E-state index in [1.807, 2.05) is 0 Å². The van der Waals surface area contributed by atoms with E-state index in [1.54, 1.807) is 5.32 Å². The Balaban J connectivity index is 2.04. The molecule has 1 rings (SSSR count). The van der Waals surface area contributed by atoms with Gasteiger partial charge in [-0.25, -0.2) is 0 Å². The summed E-state index contributed by atoms with van der Waals surface area (Å²) in [5.74, 6) is -2.78. The molecule has 7 nitrogen and oxygen atoms in total. The van der Waals surface area contributed by atoms with Crippen molar-refractivity contribution in [1.82, 2.24) is 16.0 Å². The number of rotatable bonds is 9. The first kappa shape index (κ1) is 23.2. The SMILES string of the molecule is O=C(CCNC(=O)COC1CCCCCCC1)NCCNC(=O)C(F)(F)F. The molecule has 0 spiro atoms. The predicted molar refractivity (Wildman–Crippen MR) is 91.8 cm³/mol. The second-order valence-corrected chi connectivity index (χ2v) is 6.48. The van der Waals surface area contributed by atoms with Crippen LogP contribution in [0.15, 0.2) is 0 Å². The molecule has 1 saturated carbocycles. The number of ether oxygens (including phenoxy) is 1. The molecular formula is C17H28F3N3O4. The lowest BCUT2D eigenvalue weighted by atomic mass is 9.99. The minimum atomic E-state index is -4.94. The molecule has 27 heavy (non-hydrogen) atoms. The van der Waals surface area contributed by atoms with Crippen LogP contribution in [-0.2, 0) is 19.1 Å². The van der Waals surface area contributed by atoms with Gasteiger partial charge < -0.3 is 20.7 Å². The number of hydrogen-bond acceptors (Lipinski definition) is 4. The highest BCUT2D eigenvalue weighted by atomic mass is 19.4. The van der Waals surface area contributed by atoms with E-state index in [2.05, 4.69) is 10.6 Å². The van der Waals surface area contributed by atoms with Crippen LogP contribution in [0.4, 0.5) is 13.2 Å². The average Bonchev–Trinajstić information content (AvgIpc) is 2.56. The van der Waals surface area contributed by atoms with E-state index in [0.29, 0.717) is 0 Å². The Kier molecular flexibility index (Phi) is 10.8. The van der Waals surface area contributed by atoms with E-state index in [9.17, 15) is 27.6 Å². The molecule has 0 saturated heterocycles. The lowest BCUT2D eigenvalue weighted by molar-refractivity contribution is -0.173. The van der Waals surface area contributed by atoms with Crippen LogP contribution in [0.5, 0.6) is 0 Å².